The maximum atomic E-state index is 11.8. The Labute approximate surface area is 275 Å². The summed E-state index contributed by atoms with van der Waals surface area (Å²) >= 11 is 0. The van der Waals surface area contributed by atoms with Gasteiger partial charge in [0.1, 0.15) is 18.3 Å². The van der Waals surface area contributed by atoms with Crippen LogP contribution in [0.25, 0.3) is 0 Å². The fourth-order valence-corrected chi connectivity index (χ4v) is 5.67. The van der Waals surface area contributed by atoms with Gasteiger partial charge in [-0.25, -0.2) is 24.2 Å². The van der Waals surface area contributed by atoms with Crippen LogP contribution >= 0.6 is 0 Å². The lowest BCUT2D eigenvalue weighted by molar-refractivity contribution is -0.147. The van der Waals surface area contributed by atoms with Crippen LogP contribution in [-0.4, -0.2) is 112 Å². The number of alkyl carbamates (subject to hydrolysis) is 1. The number of aliphatic hydroxyl groups excluding tert-OH is 1. The Kier molecular flexibility index (Phi) is 21.4. The third kappa shape index (κ3) is 18.4. The zero-order valence-electron chi connectivity index (χ0n) is 28.7. The van der Waals surface area contributed by atoms with Gasteiger partial charge in [0.25, 0.3) is 0 Å². The molecule has 0 spiro atoms. The number of hydrogen-bond acceptors (Lipinski definition) is 13. The first kappa shape index (κ1) is 43.3. The number of aliphatic hydroxyl groups is 1. The van der Waals surface area contributed by atoms with Gasteiger partial charge in [-0.05, 0) is 78.3 Å². The molecule has 0 unspecified atom stereocenters. The highest BCUT2D eigenvalue weighted by molar-refractivity contribution is 6.66. The molecule has 2 aliphatic rings. The van der Waals surface area contributed by atoms with Crippen molar-refractivity contribution in [1.29, 1.82) is 0 Å². The molecule has 0 aromatic heterocycles. The van der Waals surface area contributed by atoms with Crippen molar-refractivity contribution in [3.8, 4) is 0 Å². The first-order valence-electron chi connectivity index (χ1n) is 15.2. The van der Waals surface area contributed by atoms with E-state index in [2.05, 4.69) is 23.5 Å². The second kappa shape index (κ2) is 22.8. The predicted octanol–water partition coefficient (Wildman–Crippen LogP) is 3.68. The average molecular weight is 691 g/mol. The van der Waals surface area contributed by atoms with Crippen molar-refractivity contribution in [3.05, 3.63) is 24.3 Å². The van der Waals surface area contributed by atoms with Crippen molar-refractivity contribution < 1.29 is 56.2 Å². The molecular weight excluding hydrogens is 637 g/mol. The van der Waals surface area contributed by atoms with Gasteiger partial charge in [0.05, 0.1) is 18.4 Å². The van der Waals surface area contributed by atoms with Crippen LogP contribution in [0.3, 0.4) is 0 Å². The molecule has 2 saturated carbocycles. The summed E-state index contributed by atoms with van der Waals surface area (Å²) < 4.78 is 36.5. The minimum atomic E-state index is -2.34. The molecule has 2 rings (SSSR count). The van der Waals surface area contributed by atoms with Crippen LogP contribution in [0.5, 0.6) is 0 Å². The van der Waals surface area contributed by atoms with Crippen LogP contribution in [0.15, 0.2) is 29.3 Å². The SMILES string of the molecule is C=C(C)C(=O)OC1CCC(O)CC1.C=C(C)C(=O)OC1CCC(OC(=O)NC[Si](C)(OC)OC)CC1.CO[Si](C)(CN=C=O)OC. The summed E-state index contributed by atoms with van der Waals surface area (Å²) in [7, 11) is 1.74. The number of esters is 2. The van der Waals surface area contributed by atoms with Gasteiger partial charge < -0.3 is 42.3 Å². The lowest BCUT2D eigenvalue weighted by Crippen LogP contribution is -2.49. The van der Waals surface area contributed by atoms with Crippen LogP contribution in [0.1, 0.15) is 65.2 Å². The summed E-state index contributed by atoms with van der Waals surface area (Å²) in [6.45, 7) is 14.0. The summed E-state index contributed by atoms with van der Waals surface area (Å²) in [5, 5.41) is 11.9. The van der Waals surface area contributed by atoms with E-state index in [-0.39, 0.29) is 36.4 Å². The Hall–Kier alpha value is -2.70. The molecule has 0 aliphatic heterocycles. The molecule has 0 aromatic rings. The Morgan fingerprint density at radius 1 is 0.739 bits per heavy atom. The van der Waals surface area contributed by atoms with E-state index in [0.717, 1.165) is 25.7 Å². The number of nitrogens with zero attached hydrogens (tertiary/aromatic N) is 1. The maximum Gasteiger partial charge on any atom is 0.407 e. The summed E-state index contributed by atoms with van der Waals surface area (Å²) in [4.78, 5) is 47.5. The monoisotopic (exact) mass is 690 g/mol. The van der Waals surface area contributed by atoms with E-state index in [1.54, 1.807) is 42.3 Å². The van der Waals surface area contributed by atoms with Gasteiger partial charge in [-0.2, -0.15) is 0 Å². The van der Waals surface area contributed by atoms with Crippen LogP contribution in [0, 0.1) is 0 Å². The van der Waals surface area contributed by atoms with Gasteiger partial charge in [-0.1, -0.05) is 13.2 Å². The Bertz CT molecular complexity index is 1010. The highest BCUT2D eigenvalue weighted by atomic mass is 28.4. The van der Waals surface area contributed by atoms with Gasteiger partial charge in [0.15, 0.2) is 0 Å². The fraction of sp³-hybridized carbons (Fsp3) is 0.733. The van der Waals surface area contributed by atoms with E-state index in [9.17, 15) is 24.3 Å². The second-order valence-electron chi connectivity index (χ2n) is 11.5. The number of rotatable bonds is 13. The Balaban J connectivity index is 0.000000740. The summed E-state index contributed by atoms with van der Waals surface area (Å²) in [6, 6.07) is 0. The molecule has 2 fully saturated rings. The van der Waals surface area contributed by atoms with Crippen molar-refractivity contribution in [3.63, 3.8) is 0 Å². The number of carbonyl (C=O) groups is 3. The third-order valence-corrected chi connectivity index (χ3v) is 12.5. The molecule has 14 nitrogen and oxygen atoms in total. The van der Waals surface area contributed by atoms with E-state index in [1.807, 2.05) is 13.1 Å². The van der Waals surface area contributed by atoms with E-state index >= 15 is 0 Å². The number of hydrogen-bond donors (Lipinski definition) is 2. The predicted molar refractivity (Wildman–Crippen MR) is 175 cm³/mol. The average Bonchev–Trinajstić information content (AvgIpc) is 3.05. The molecular formula is C30H54N2O12Si2. The van der Waals surface area contributed by atoms with Gasteiger partial charge in [-0.15, -0.1) is 0 Å². The lowest BCUT2D eigenvalue weighted by atomic mass is 9.95. The molecule has 2 N–H and O–H groups in total. The molecule has 0 saturated heterocycles. The van der Waals surface area contributed by atoms with E-state index in [4.69, 9.17) is 31.9 Å². The van der Waals surface area contributed by atoms with Crippen molar-refractivity contribution in [1.82, 2.24) is 5.32 Å². The Morgan fingerprint density at radius 2 is 1.11 bits per heavy atom. The highest BCUT2D eigenvalue weighted by Gasteiger charge is 2.31. The quantitative estimate of drug-likeness (QED) is 0.0717. The number of isocyanates is 1. The smallest absolute Gasteiger partial charge is 0.407 e. The van der Waals surface area contributed by atoms with E-state index in [0.29, 0.717) is 49.2 Å². The summed E-state index contributed by atoms with van der Waals surface area (Å²) in [6.07, 6.45) is 6.78. The number of ether oxygens (including phenoxy) is 3. The van der Waals surface area contributed by atoms with Crippen LogP contribution in [0.4, 0.5) is 4.79 Å². The molecule has 0 radical (unpaired) electrons. The fourth-order valence-electron chi connectivity index (χ4n) is 3.98. The maximum absolute atomic E-state index is 11.8. The topological polar surface area (TPSA) is 178 Å². The molecule has 264 valence electrons. The minimum Gasteiger partial charge on any atom is -0.459 e. The number of aliphatic imine (C=N–C) groups is 1. The van der Waals surface area contributed by atoms with Gasteiger partial charge in [0.2, 0.25) is 6.08 Å². The normalized spacial score (nSPS) is 21.0. The van der Waals surface area contributed by atoms with Crippen molar-refractivity contribution in [2.45, 2.75) is 103 Å². The molecule has 2 aliphatic carbocycles. The summed E-state index contributed by atoms with van der Waals surface area (Å²) in [5.74, 6) is -0.683. The standard InChI is InChI=1S/C15H27NO6Si.C10H16O3.C5H11NO3Si/c1-11(2)14(17)21-12-6-8-13(9-7-12)22-15(18)16-10-23(5,19-3)20-4;1-7(2)10(12)13-9-5-3-8(11)4-6-9;1-8-10(3,9-2)5-6-4-7/h12-13H,1,6-10H2,2-5H3,(H,16,18);8-9,11H,1,3-6H2,2H3;5H2,1-3H3. The van der Waals surface area contributed by atoms with Crippen LogP contribution in [0.2, 0.25) is 13.1 Å². The molecule has 0 atom stereocenters. The van der Waals surface area contributed by atoms with E-state index in [1.165, 1.54) is 6.08 Å². The largest absolute Gasteiger partial charge is 0.459 e. The zero-order chi connectivity index (χ0) is 35.3. The van der Waals surface area contributed by atoms with Crippen LogP contribution < -0.4 is 5.32 Å². The van der Waals surface area contributed by atoms with Crippen molar-refractivity contribution >= 4 is 41.2 Å². The van der Waals surface area contributed by atoms with Crippen molar-refractivity contribution in [2.24, 2.45) is 4.99 Å². The summed E-state index contributed by atoms with van der Waals surface area (Å²) in [5.41, 5.74) is 0.831. The highest BCUT2D eigenvalue weighted by Crippen LogP contribution is 2.24. The van der Waals surface area contributed by atoms with Gasteiger partial charge >= 0.3 is 35.2 Å². The molecule has 1 amide bonds. The second-order valence-corrected chi connectivity index (χ2v) is 18.3. The molecule has 0 aromatic carbocycles. The Morgan fingerprint density at radius 3 is 1.46 bits per heavy atom. The molecule has 46 heavy (non-hydrogen) atoms. The van der Waals surface area contributed by atoms with Crippen molar-refractivity contribution in [2.75, 3.05) is 40.8 Å². The molecule has 0 heterocycles. The number of amides is 1. The number of carbonyl (C=O) groups excluding carboxylic acids is 4. The molecule has 0 bridgehead atoms. The van der Waals surface area contributed by atoms with E-state index < -0.39 is 23.2 Å². The first-order chi connectivity index (χ1) is 21.6. The molecule has 16 heteroatoms. The minimum absolute atomic E-state index is 0.0207. The first-order valence-corrected chi connectivity index (χ1v) is 20.2. The zero-order valence-corrected chi connectivity index (χ0v) is 30.7. The lowest BCUT2D eigenvalue weighted by Gasteiger charge is -2.28. The van der Waals surface area contributed by atoms with Crippen LogP contribution in [-0.2, 0) is 46.3 Å². The third-order valence-electron chi connectivity index (χ3n) is 7.49. The van der Waals surface area contributed by atoms with Gasteiger partial charge in [-0.3, -0.25) is 0 Å². The van der Waals surface area contributed by atoms with Gasteiger partial charge in [0, 0.05) is 39.6 Å². The number of nitrogens with one attached hydrogen (secondary N) is 1.